The number of rotatable bonds is 7. The summed E-state index contributed by atoms with van der Waals surface area (Å²) in [6.07, 6.45) is 2.30. The molecule has 2 N–H and O–H groups in total. The van der Waals surface area contributed by atoms with Crippen LogP contribution < -0.4 is 15.4 Å². The van der Waals surface area contributed by atoms with Crippen molar-refractivity contribution in [2.45, 2.75) is 31.8 Å². The molecule has 8 heteroatoms. The summed E-state index contributed by atoms with van der Waals surface area (Å²) in [6.45, 7) is -0.113. The van der Waals surface area contributed by atoms with Crippen LogP contribution in [-0.4, -0.2) is 24.5 Å². The van der Waals surface area contributed by atoms with Gasteiger partial charge in [0.2, 0.25) is 5.91 Å². The van der Waals surface area contributed by atoms with Gasteiger partial charge >= 0.3 is 0 Å². The lowest BCUT2D eigenvalue weighted by Crippen LogP contribution is -2.56. The molecule has 3 aliphatic carbocycles. The predicted molar refractivity (Wildman–Crippen MR) is 111 cm³/mol. The normalized spacial score (nSPS) is 24.1. The highest BCUT2D eigenvalue weighted by atomic mass is 35.5. The van der Waals surface area contributed by atoms with Crippen LogP contribution in [0.25, 0.3) is 0 Å². The lowest BCUT2D eigenvalue weighted by molar-refractivity contribution is -0.136. The Morgan fingerprint density at radius 3 is 2.55 bits per heavy atom. The van der Waals surface area contributed by atoms with E-state index in [9.17, 15) is 18.4 Å². The molecule has 0 aliphatic heterocycles. The zero-order valence-corrected chi connectivity index (χ0v) is 17.5. The fourth-order valence-corrected chi connectivity index (χ4v) is 4.56. The van der Waals surface area contributed by atoms with Gasteiger partial charge in [0.1, 0.15) is 17.4 Å². The Kier molecular flexibility index (Phi) is 6.41. The van der Waals surface area contributed by atoms with Crippen LogP contribution >= 0.6 is 11.6 Å². The fraction of sp³-hybridized carbons (Fsp3) is 0.391. The van der Waals surface area contributed by atoms with E-state index in [0.717, 1.165) is 18.9 Å². The third kappa shape index (κ3) is 4.98. The molecule has 0 radical (unpaired) electrons. The number of halogens is 3. The molecule has 3 aliphatic rings. The number of fused-ring (bicyclic) bond motifs is 2. The van der Waals surface area contributed by atoms with Crippen molar-refractivity contribution in [1.82, 2.24) is 10.6 Å². The largest absolute Gasteiger partial charge is 0.484 e. The van der Waals surface area contributed by atoms with Crippen molar-refractivity contribution in [2.24, 2.45) is 17.8 Å². The quantitative estimate of drug-likeness (QED) is 0.676. The number of nitrogens with one attached hydrogen (secondary N) is 2. The first-order chi connectivity index (χ1) is 14.9. The summed E-state index contributed by atoms with van der Waals surface area (Å²) in [5.74, 6) is -0.750. The molecule has 0 spiro atoms. The van der Waals surface area contributed by atoms with Crippen molar-refractivity contribution < 1.29 is 23.1 Å². The SMILES string of the molecule is O=C(COc1ccc(Cl)c(F)c1)N[C@H]1C[C@@H](C(=O)NCc2ccccc2F)C2CC1C2. The molecule has 2 atom stereocenters. The van der Waals surface area contributed by atoms with E-state index in [1.54, 1.807) is 18.2 Å². The molecule has 2 aromatic carbocycles. The van der Waals surface area contributed by atoms with E-state index < -0.39 is 5.82 Å². The molecule has 31 heavy (non-hydrogen) atoms. The Labute approximate surface area is 184 Å². The van der Waals surface area contributed by atoms with Crippen molar-refractivity contribution in [2.75, 3.05) is 6.61 Å². The van der Waals surface area contributed by atoms with E-state index in [2.05, 4.69) is 10.6 Å². The number of hydrogen-bond donors (Lipinski definition) is 2. The van der Waals surface area contributed by atoms with Crippen LogP contribution in [-0.2, 0) is 16.1 Å². The first-order valence-electron chi connectivity index (χ1n) is 10.3. The predicted octanol–water partition coefficient (Wildman–Crippen LogP) is 3.84. The summed E-state index contributed by atoms with van der Waals surface area (Å²) in [6, 6.07) is 10.2. The van der Waals surface area contributed by atoms with E-state index >= 15 is 0 Å². The van der Waals surface area contributed by atoms with E-state index in [4.69, 9.17) is 16.3 Å². The van der Waals surface area contributed by atoms with Gasteiger partial charge in [0.15, 0.2) is 6.61 Å². The summed E-state index contributed by atoms with van der Waals surface area (Å²) in [5, 5.41) is 5.76. The topological polar surface area (TPSA) is 67.4 Å². The molecule has 2 bridgehead atoms. The van der Waals surface area contributed by atoms with E-state index in [1.165, 1.54) is 18.2 Å². The van der Waals surface area contributed by atoms with Gasteiger partial charge in [0.05, 0.1) is 5.02 Å². The number of carbonyl (C=O) groups is 2. The second-order valence-electron chi connectivity index (χ2n) is 8.18. The summed E-state index contributed by atoms with van der Waals surface area (Å²) >= 11 is 5.64. The van der Waals surface area contributed by atoms with Gasteiger partial charge < -0.3 is 15.4 Å². The monoisotopic (exact) mass is 448 g/mol. The van der Waals surface area contributed by atoms with E-state index in [0.29, 0.717) is 23.8 Å². The minimum absolute atomic E-state index is 0.0159. The van der Waals surface area contributed by atoms with Crippen molar-refractivity contribution in [3.05, 3.63) is 64.7 Å². The first-order valence-corrected chi connectivity index (χ1v) is 10.7. The average Bonchev–Trinajstić information content (AvgIpc) is 2.73. The standard InChI is InChI=1S/C23H23ClF2N2O3/c24-18-6-5-16(9-20(18)26)31-12-22(29)28-21-10-17(14-7-15(21)8-14)23(30)27-11-13-3-1-2-4-19(13)25/h1-6,9,14-15,17,21H,7-8,10-12H2,(H,27,30)(H,28,29)/t14?,15?,17-,21+/m1/s1. The Balaban J connectivity index is 1.27. The molecule has 5 nitrogen and oxygen atoms in total. The molecule has 0 saturated heterocycles. The fourth-order valence-electron chi connectivity index (χ4n) is 4.44. The van der Waals surface area contributed by atoms with Crippen molar-refractivity contribution in [1.29, 1.82) is 0 Å². The second-order valence-corrected chi connectivity index (χ2v) is 8.59. The van der Waals surface area contributed by atoms with Crippen LogP contribution in [0.3, 0.4) is 0 Å². The summed E-state index contributed by atoms with van der Waals surface area (Å²) < 4.78 is 32.6. The smallest absolute Gasteiger partial charge is 0.258 e. The van der Waals surface area contributed by atoms with Gasteiger partial charge in [-0.15, -0.1) is 0 Å². The minimum atomic E-state index is -0.614. The molecule has 0 unspecified atom stereocenters. The summed E-state index contributed by atoms with van der Waals surface area (Å²) in [4.78, 5) is 25.0. The minimum Gasteiger partial charge on any atom is -0.484 e. The average molecular weight is 449 g/mol. The van der Waals surface area contributed by atoms with Gasteiger partial charge in [0.25, 0.3) is 5.91 Å². The molecular weight excluding hydrogens is 426 g/mol. The van der Waals surface area contributed by atoms with Crippen LogP contribution in [0.4, 0.5) is 8.78 Å². The number of benzene rings is 2. The maximum atomic E-state index is 13.8. The van der Waals surface area contributed by atoms with Gasteiger partial charge in [-0.05, 0) is 49.3 Å². The van der Waals surface area contributed by atoms with Gasteiger partial charge in [-0.3, -0.25) is 9.59 Å². The first kappa shape index (κ1) is 21.6. The lowest BCUT2D eigenvalue weighted by atomic mass is 9.57. The molecule has 0 aromatic heterocycles. The van der Waals surface area contributed by atoms with Gasteiger partial charge in [-0.1, -0.05) is 29.8 Å². The highest BCUT2D eigenvalue weighted by Crippen LogP contribution is 2.49. The van der Waals surface area contributed by atoms with Crippen molar-refractivity contribution >= 4 is 23.4 Å². The Bertz CT molecular complexity index is 981. The van der Waals surface area contributed by atoms with E-state index in [-0.39, 0.29) is 53.5 Å². The molecule has 3 saturated carbocycles. The number of amides is 2. The molecule has 2 aromatic rings. The highest BCUT2D eigenvalue weighted by molar-refractivity contribution is 6.30. The third-order valence-electron chi connectivity index (χ3n) is 6.21. The second kappa shape index (κ2) is 9.22. The maximum absolute atomic E-state index is 13.8. The third-order valence-corrected chi connectivity index (χ3v) is 6.52. The maximum Gasteiger partial charge on any atom is 0.258 e. The van der Waals surface area contributed by atoms with Crippen molar-refractivity contribution in [3.8, 4) is 5.75 Å². The number of ether oxygens (including phenoxy) is 1. The Morgan fingerprint density at radius 2 is 1.81 bits per heavy atom. The molecular formula is C23H23ClF2N2O3. The van der Waals surface area contributed by atoms with Crippen LogP contribution in [0.5, 0.6) is 5.75 Å². The van der Waals surface area contributed by atoms with Gasteiger partial charge in [-0.25, -0.2) is 8.78 Å². The zero-order valence-electron chi connectivity index (χ0n) is 16.7. The van der Waals surface area contributed by atoms with Crippen LogP contribution in [0.2, 0.25) is 5.02 Å². The Morgan fingerprint density at radius 1 is 1.03 bits per heavy atom. The molecule has 2 amide bonds. The molecule has 5 rings (SSSR count). The Hall–Kier alpha value is -2.67. The number of hydrogen-bond acceptors (Lipinski definition) is 3. The van der Waals surface area contributed by atoms with E-state index in [1.807, 2.05) is 0 Å². The molecule has 0 heterocycles. The molecule has 3 fully saturated rings. The van der Waals surface area contributed by atoms with Gasteiger partial charge in [-0.2, -0.15) is 0 Å². The number of carbonyl (C=O) groups excluding carboxylic acids is 2. The van der Waals surface area contributed by atoms with Crippen LogP contribution in [0.1, 0.15) is 24.8 Å². The van der Waals surface area contributed by atoms with Crippen LogP contribution in [0.15, 0.2) is 42.5 Å². The summed E-state index contributed by atoms with van der Waals surface area (Å²) in [7, 11) is 0. The van der Waals surface area contributed by atoms with Crippen LogP contribution in [0, 0.1) is 29.4 Å². The van der Waals surface area contributed by atoms with Crippen molar-refractivity contribution in [3.63, 3.8) is 0 Å². The molecule has 164 valence electrons. The van der Waals surface area contributed by atoms with Gasteiger partial charge in [0, 0.05) is 30.1 Å². The summed E-state index contributed by atoms with van der Waals surface area (Å²) in [5.41, 5.74) is 0.443. The lowest BCUT2D eigenvalue weighted by Gasteiger charge is -2.50. The zero-order chi connectivity index (χ0) is 22.0. The highest BCUT2D eigenvalue weighted by Gasteiger charge is 2.48.